The first-order chi connectivity index (χ1) is 15.8. The molecule has 0 bridgehead atoms. The zero-order valence-corrected chi connectivity index (χ0v) is 18.2. The lowest BCUT2D eigenvalue weighted by molar-refractivity contribution is -0.325. The first-order valence-electron chi connectivity index (χ1n) is 10.7. The van der Waals surface area contributed by atoms with Gasteiger partial charge in [-0.1, -0.05) is 18.2 Å². The molecular weight excluding hydrogens is 439 g/mol. The van der Waals surface area contributed by atoms with E-state index in [1.54, 1.807) is 0 Å². The average Bonchev–Trinajstić information content (AvgIpc) is 3.41. The van der Waals surface area contributed by atoms with Crippen LogP contribution in [0.2, 0.25) is 0 Å². The second-order valence-corrected chi connectivity index (χ2v) is 8.05. The lowest BCUT2D eigenvalue weighted by Crippen LogP contribution is -2.48. The van der Waals surface area contributed by atoms with Crippen LogP contribution in [0.1, 0.15) is 23.1 Å². The molecule has 9 nitrogen and oxygen atoms in total. The van der Waals surface area contributed by atoms with Crippen molar-refractivity contribution in [1.82, 2.24) is 30.4 Å². The van der Waals surface area contributed by atoms with Crippen molar-refractivity contribution in [1.29, 1.82) is 0 Å². The fraction of sp³-hybridized carbons (Fsp3) is 0.476. The van der Waals surface area contributed by atoms with Crippen molar-refractivity contribution in [3.8, 4) is 0 Å². The number of rotatable bonds is 8. The smallest absolute Gasteiger partial charge is 0.361 e. The van der Waals surface area contributed by atoms with Crippen LogP contribution in [0, 0.1) is 0 Å². The van der Waals surface area contributed by atoms with Gasteiger partial charge in [-0.05, 0) is 25.0 Å². The van der Waals surface area contributed by atoms with Gasteiger partial charge in [-0.25, -0.2) is 0 Å². The second-order valence-electron chi connectivity index (χ2n) is 8.05. The van der Waals surface area contributed by atoms with E-state index in [4.69, 9.17) is 0 Å². The maximum Gasteiger partial charge on any atom is 0.522 e. The highest BCUT2D eigenvalue weighted by atomic mass is 19.4. The molecule has 1 atom stereocenters. The number of anilines is 1. The van der Waals surface area contributed by atoms with Crippen molar-refractivity contribution >= 4 is 22.8 Å². The Labute approximate surface area is 188 Å². The van der Waals surface area contributed by atoms with Crippen LogP contribution in [-0.4, -0.2) is 82.7 Å². The standard InChI is InChI=1S/C21H26F3N7O2/c1-14(12-15-13-25-17-5-3-2-4-16(15)17)26-19(32)18-27-20(29-28-18)31-8-6-30(7-9-31)10-11-33-21(22,23)24/h2-5,13-14,25H,6-12H2,1H3,(H,26,32)(H,27,28,29). The highest BCUT2D eigenvalue weighted by molar-refractivity contribution is 5.91. The molecule has 1 aromatic carbocycles. The molecule has 178 valence electrons. The summed E-state index contributed by atoms with van der Waals surface area (Å²) in [6.07, 6.45) is -1.99. The molecule has 0 spiro atoms. The highest BCUT2D eigenvalue weighted by Crippen LogP contribution is 2.19. The van der Waals surface area contributed by atoms with Gasteiger partial charge < -0.3 is 15.2 Å². The number of para-hydroxylation sites is 1. The molecule has 0 aliphatic carbocycles. The first kappa shape index (κ1) is 23.1. The van der Waals surface area contributed by atoms with Gasteiger partial charge in [0.05, 0.1) is 6.61 Å². The van der Waals surface area contributed by atoms with Crippen LogP contribution in [0.15, 0.2) is 30.5 Å². The minimum atomic E-state index is -4.61. The van der Waals surface area contributed by atoms with Crippen LogP contribution >= 0.6 is 0 Å². The number of aromatic nitrogens is 4. The number of hydrogen-bond acceptors (Lipinski definition) is 6. The number of aromatic amines is 2. The lowest BCUT2D eigenvalue weighted by Gasteiger charge is -2.33. The van der Waals surface area contributed by atoms with Crippen LogP contribution in [0.25, 0.3) is 10.9 Å². The molecule has 1 unspecified atom stereocenters. The van der Waals surface area contributed by atoms with Gasteiger partial charge in [0, 0.05) is 55.9 Å². The number of alkyl halides is 3. The van der Waals surface area contributed by atoms with Gasteiger partial charge in [0.15, 0.2) is 0 Å². The molecule has 1 aliphatic rings. The maximum atomic E-state index is 12.6. The molecule has 0 saturated carbocycles. The van der Waals surface area contributed by atoms with Crippen LogP contribution in [0.3, 0.4) is 0 Å². The van der Waals surface area contributed by atoms with E-state index in [1.807, 2.05) is 47.2 Å². The van der Waals surface area contributed by atoms with E-state index in [9.17, 15) is 18.0 Å². The number of fused-ring (bicyclic) bond motifs is 1. The molecule has 12 heteroatoms. The molecule has 3 N–H and O–H groups in total. The van der Waals surface area contributed by atoms with Gasteiger partial charge in [-0.2, -0.15) is 4.98 Å². The summed E-state index contributed by atoms with van der Waals surface area (Å²) in [4.78, 5) is 23.9. The Hall–Kier alpha value is -3.12. The van der Waals surface area contributed by atoms with Crippen molar-refractivity contribution in [3.05, 3.63) is 41.9 Å². The maximum absolute atomic E-state index is 12.6. The van der Waals surface area contributed by atoms with Crippen LogP contribution in [0.5, 0.6) is 0 Å². The predicted octanol–water partition coefficient (Wildman–Crippen LogP) is 2.31. The summed E-state index contributed by atoms with van der Waals surface area (Å²) in [5, 5.41) is 10.9. The van der Waals surface area contributed by atoms with Crippen molar-refractivity contribution in [3.63, 3.8) is 0 Å². The Bertz CT molecular complexity index is 1070. The summed E-state index contributed by atoms with van der Waals surface area (Å²) < 4.78 is 40.1. The Kier molecular flexibility index (Phi) is 6.84. The zero-order valence-electron chi connectivity index (χ0n) is 18.2. The lowest BCUT2D eigenvalue weighted by atomic mass is 10.1. The number of amides is 1. The molecule has 1 aliphatic heterocycles. The molecule has 1 amide bonds. The van der Waals surface area contributed by atoms with E-state index in [0.717, 1.165) is 16.5 Å². The number of hydrogen-bond donors (Lipinski definition) is 3. The summed E-state index contributed by atoms with van der Waals surface area (Å²) in [5.41, 5.74) is 2.18. The quantitative estimate of drug-likeness (QED) is 0.472. The summed E-state index contributed by atoms with van der Waals surface area (Å²) >= 11 is 0. The third kappa shape index (κ3) is 6.02. The number of nitrogens with one attached hydrogen (secondary N) is 3. The number of H-pyrrole nitrogens is 2. The fourth-order valence-corrected chi connectivity index (χ4v) is 3.93. The van der Waals surface area contributed by atoms with E-state index >= 15 is 0 Å². The molecular formula is C21H26F3N7O2. The van der Waals surface area contributed by atoms with Gasteiger partial charge >= 0.3 is 6.36 Å². The molecule has 0 radical (unpaired) electrons. The van der Waals surface area contributed by atoms with Gasteiger partial charge in [0.2, 0.25) is 11.8 Å². The average molecular weight is 465 g/mol. The number of ether oxygens (including phenoxy) is 1. The van der Waals surface area contributed by atoms with Crippen molar-refractivity contribution in [2.24, 2.45) is 0 Å². The molecule has 3 aromatic rings. The topological polar surface area (TPSA) is 102 Å². The first-order valence-corrected chi connectivity index (χ1v) is 10.7. The van der Waals surface area contributed by atoms with Crippen LogP contribution in [0.4, 0.5) is 19.1 Å². The van der Waals surface area contributed by atoms with Gasteiger partial charge in [-0.3, -0.25) is 19.5 Å². The van der Waals surface area contributed by atoms with Crippen molar-refractivity contribution in [2.45, 2.75) is 25.7 Å². The number of nitrogens with zero attached hydrogens (tertiary/aromatic N) is 4. The Morgan fingerprint density at radius 1 is 1.24 bits per heavy atom. The monoisotopic (exact) mass is 465 g/mol. The second kappa shape index (κ2) is 9.79. The van der Waals surface area contributed by atoms with Crippen LogP contribution < -0.4 is 10.2 Å². The molecule has 3 heterocycles. The van der Waals surface area contributed by atoms with Crippen molar-refractivity contribution < 1.29 is 22.7 Å². The van der Waals surface area contributed by atoms with E-state index in [-0.39, 0.29) is 24.3 Å². The van der Waals surface area contributed by atoms with Gasteiger partial charge in [0.1, 0.15) is 0 Å². The number of carbonyl (C=O) groups is 1. The highest BCUT2D eigenvalue weighted by Gasteiger charge is 2.29. The Morgan fingerprint density at radius 2 is 2.00 bits per heavy atom. The molecule has 1 saturated heterocycles. The van der Waals surface area contributed by atoms with Crippen molar-refractivity contribution in [2.75, 3.05) is 44.2 Å². The zero-order chi connectivity index (χ0) is 23.4. The number of piperazine rings is 1. The van der Waals surface area contributed by atoms with Crippen LogP contribution in [-0.2, 0) is 11.2 Å². The minimum Gasteiger partial charge on any atom is -0.361 e. The Morgan fingerprint density at radius 3 is 2.76 bits per heavy atom. The Balaban J connectivity index is 1.25. The molecule has 1 fully saturated rings. The predicted molar refractivity (Wildman–Crippen MR) is 116 cm³/mol. The third-order valence-corrected chi connectivity index (χ3v) is 5.60. The summed E-state index contributed by atoms with van der Waals surface area (Å²) in [7, 11) is 0. The van der Waals surface area contributed by atoms with E-state index in [0.29, 0.717) is 38.5 Å². The molecule has 4 rings (SSSR count). The van der Waals surface area contributed by atoms with Gasteiger partial charge in [-0.15, -0.1) is 18.3 Å². The largest absolute Gasteiger partial charge is 0.522 e. The van der Waals surface area contributed by atoms with E-state index < -0.39 is 13.0 Å². The van der Waals surface area contributed by atoms with Gasteiger partial charge in [0.25, 0.3) is 5.91 Å². The normalized spacial score (nSPS) is 16.3. The molecule has 33 heavy (non-hydrogen) atoms. The molecule has 2 aromatic heterocycles. The summed E-state index contributed by atoms with van der Waals surface area (Å²) in [6.45, 7) is 3.93. The summed E-state index contributed by atoms with van der Waals surface area (Å²) in [5.74, 6) is 0.177. The number of benzene rings is 1. The SMILES string of the molecule is CC(Cc1c[nH]c2ccccc12)NC(=O)c1nc(N2CCN(CCOC(F)(F)F)CC2)n[nH]1. The third-order valence-electron chi connectivity index (χ3n) is 5.60. The summed E-state index contributed by atoms with van der Waals surface area (Å²) in [6, 6.07) is 7.88. The fourth-order valence-electron chi connectivity index (χ4n) is 3.93. The number of halogens is 3. The minimum absolute atomic E-state index is 0.118. The van der Waals surface area contributed by atoms with E-state index in [2.05, 4.69) is 30.2 Å². The number of carbonyl (C=O) groups excluding carboxylic acids is 1. The van der Waals surface area contributed by atoms with E-state index in [1.165, 1.54) is 0 Å².